The molecule has 26 heavy (non-hydrogen) atoms. The number of hydrogen-bond acceptors (Lipinski definition) is 5. The molecule has 1 heterocycles. The number of aromatic nitrogens is 2. The summed E-state index contributed by atoms with van der Waals surface area (Å²) in [5, 5.41) is 11.6. The lowest BCUT2D eigenvalue weighted by atomic mass is 10.2. The number of amides is 1. The van der Waals surface area contributed by atoms with Gasteiger partial charge in [0.25, 0.3) is 0 Å². The lowest BCUT2D eigenvalue weighted by molar-refractivity contribution is -0.117. The van der Waals surface area contributed by atoms with E-state index in [4.69, 9.17) is 16.0 Å². The van der Waals surface area contributed by atoms with E-state index in [1.54, 1.807) is 12.1 Å². The van der Waals surface area contributed by atoms with Crippen LogP contribution in [-0.4, -0.2) is 34.6 Å². The first-order valence-electron chi connectivity index (χ1n) is 8.13. The van der Waals surface area contributed by atoms with Crippen molar-refractivity contribution in [2.75, 3.05) is 18.9 Å². The van der Waals surface area contributed by atoms with Crippen molar-refractivity contribution >= 4 is 23.2 Å². The highest BCUT2D eigenvalue weighted by atomic mass is 35.5. The Labute approximate surface area is 156 Å². The van der Waals surface area contributed by atoms with E-state index >= 15 is 0 Å². The average Bonchev–Trinajstić information content (AvgIpc) is 3.05. The van der Waals surface area contributed by atoms with Crippen molar-refractivity contribution in [1.29, 1.82) is 0 Å². The van der Waals surface area contributed by atoms with Gasteiger partial charge in [-0.3, -0.25) is 9.69 Å². The van der Waals surface area contributed by atoms with E-state index in [0.717, 1.165) is 16.8 Å². The number of likely N-dealkylation sites (N-methyl/N-ethyl adjacent to an activating group) is 1. The van der Waals surface area contributed by atoms with Gasteiger partial charge < -0.3 is 9.73 Å². The maximum absolute atomic E-state index is 12.1. The molecular formula is C19H19ClN4O2. The van der Waals surface area contributed by atoms with Crippen LogP contribution < -0.4 is 5.32 Å². The second-order valence-corrected chi connectivity index (χ2v) is 6.53. The van der Waals surface area contributed by atoms with E-state index in [2.05, 4.69) is 15.5 Å². The molecule has 0 radical (unpaired) electrons. The largest absolute Gasteiger partial charge is 0.419 e. The SMILES string of the molecule is Cc1ccc(NC(=O)CN(C)Cc2nnc(-c3ccc(Cl)cc3)o2)cc1. The Morgan fingerprint density at radius 1 is 1.12 bits per heavy atom. The molecule has 0 unspecified atom stereocenters. The third kappa shape index (κ3) is 4.91. The highest BCUT2D eigenvalue weighted by Gasteiger charge is 2.13. The Hall–Kier alpha value is -2.70. The number of nitrogens with one attached hydrogen (secondary N) is 1. The van der Waals surface area contributed by atoms with Crippen LogP contribution >= 0.6 is 11.6 Å². The van der Waals surface area contributed by atoms with E-state index in [1.165, 1.54) is 0 Å². The molecule has 1 aromatic heterocycles. The number of aryl methyl sites for hydroxylation is 1. The average molecular weight is 371 g/mol. The van der Waals surface area contributed by atoms with Crippen LogP contribution in [0.5, 0.6) is 0 Å². The standard InChI is InChI=1S/C19H19ClN4O2/c1-13-3-9-16(10-4-13)21-17(25)11-24(2)12-18-22-23-19(26-18)14-5-7-15(20)8-6-14/h3-10H,11-12H2,1-2H3,(H,21,25). The molecular weight excluding hydrogens is 352 g/mol. The van der Waals surface area contributed by atoms with Gasteiger partial charge in [-0.15, -0.1) is 10.2 Å². The number of carbonyl (C=O) groups is 1. The highest BCUT2D eigenvalue weighted by molar-refractivity contribution is 6.30. The number of hydrogen-bond donors (Lipinski definition) is 1. The van der Waals surface area contributed by atoms with Gasteiger partial charge in [0.05, 0.1) is 13.1 Å². The molecule has 0 aliphatic rings. The van der Waals surface area contributed by atoms with Crippen LogP contribution in [0, 0.1) is 6.92 Å². The van der Waals surface area contributed by atoms with Crippen LogP contribution in [0.15, 0.2) is 52.9 Å². The fraction of sp³-hybridized carbons (Fsp3) is 0.211. The molecule has 3 rings (SSSR count). The minimum Gasteiger partial charge on any atom is -0.419 e. The van der Waals surface area contributed by atoms with E-state index in [-0.39, 0.29) is 12.5 Å². The minimum atomic E-state index is -0.103. The van der Waals surface area contributed by atoms with Gasteiger partial charge in [0.1, 0.15) is 0 Å². The molecule has 0 aliphatic carbocycles. The Bertz CT molecular complexity index is 875. The van der Waals surface area contributed by atoms with Crippen molar-refractivity contribution in [1.82, 2.24) is 15.1 Å². The normalized spacial score (nSPS) is 10.9. The number of rotatable bonds is 6. The molecule has 1 amide bonds. The summed E-state index contributed by atoms with van der Waals surface area (Å²) in [5.41, 5.74) is 2.72. The van der Waals surface area contributed by atoms with Crippen molar-refractivity contribution in [3.8, 4) is 11.5 Å². The summed E-state index contributed by atoms with van der Waals surface area (Å²) in [7, 11) is 1.82. The van der Waals surface area contributed by atoms with Crippen LogP contribution in [0.2, 0.25) is 5.02 Å². The van der Waals surface area contributed by atoms with Crippen LogP contribution in [0.4, 0.5) is 5.69 Å². The Morgan fingerprint density at radius 3 is 2.50 bits per heavy atom. The number of nitrogens with zero attached hydrogens (tertiary/aromatic N) is 3. The van der Waals surface area contributed by atoms with Crippen LogP contribution in [-0.2, 0) is 11.3 Å². The second kappa shape index (κ2) is 8.12. The van der Waals surface area contributed by atoms with Gasteiger partial charge in [0.15, 0.2) is 0 Å². The van der Waals surface area contributed by atoms with E-state index in [9.17, 15) is 4.79 Å². The monoisotopic (exact) mass is 370 g/mol. The summed E-state index contributed by atoms with van der Waals surface area (Å²) in [6.07, 6.45) is 0. The summed E-state index contributed by atoms with van der Waals surface area (Å²) in [6, 6.07) is 14.8. The van der Waals surface area contributed by atoms with Crippen molar-refractivity contribution in [2.45, 2.75) is 13.5 Å². The predicted octanol–water partition coefficient (Wildman–Crippen LogP) is 3.77. The minimum absolute atomic E-state index is 0.103. The molecule has 3 aromatic rings. The molecule has 0 bridgehead atoms. The van der Waals surface area contributed by atoms with Gasteiger partial charge >= 0.3 is 0 Å². The molecule has 0 atom stereocenters. The van der Waals surface area contributed by atoms with Crippen LogP contribution in [0.3, 0.4) is 0 Å². The van der Waals surface area contributed by atoms with Crippen molar-refractivity contribution in [2.24, 2.45) is 0 Å². The Morgan fingerprint density at radius 2 is 1.81 bits per heavy atom. The first-order valence-corrected chi connectivity index (χ1v) is 8.51. The van der Waals surface area contributed by atoms with E-state index < -0.39 is 0 Å². The van der Waals surface area contributed by atoms with Gasteiger partial charge in [-0.25, -0.2) is 0 Å². The Balaban J connectivity index is 1.54. The predicted molar refractivity (Wildman–Crippen MR) is 101 cm³/mol. The molecule has 0 fully saturated rings. The van der Waals surface area contributed by atoms with Gasteiger partial charge in [0.2, 0.25) is 17.7 Å². The van der Waals surface area contributed by atoms with Gasteiger partial charge in [-0.05, 0) is 50.4 Å². The zero-order chi connectivity index (χ0) is 18.5. The smallest absolute Gasteiger partial charge is 0.247 e. The zero-order valence-electron chi connectivity index (χ0n) is 14.6. The molecule has 0 saturated carbocycles. The van der Waals surface area contributed by atoms with E-state index in [1.807, 2.05) is 55.3 Å². The molecule has 6 nitrogen and oxygen atoms in total. The molecule has 7 heteroatoms. The third-order valence-electron chi connectivity index (χ3n) is 3.71. The molecule has 134 valence electrons. The zero-order valence-corrected chi connectivity index (χ0v) is 15.3. The first-order chi connectivity index (χ1) is 12.5. The van der Waals surface area contributed by atoms with E-state index in [0.29, 0.717) is 23.3 Å². The lowest BCUT2D eigenvalue weighted by Gasteiger charge is -2.14. The molecule has 1 N–H and O–H groups in total. The maximum atomic E-state index is 12.1. The topological polar surface area (TPSA) is 71.3 Å². The maximum Gasteiger partial charge on any atom is 0.247 e. The van der Waals surface area contributed by atoms with Gasteiger partial charge in [-0.1, -0.05) is 29.3 Å². The number of anilines is 1. The summed E-state index contributed by atoms with van der Waals surface area (Å²) in [5.74, 6) is 0.767. The van der Waals surface area contributed by atoms with Crippen molar-refractivity contribution in [3.05, 3.63) is 65.0 Å². The van der Waals surface area contributed by atoms with Crippen LogP contribution in [0.1, 0.15) is 11.5 Å². The lowest BCUT2D eigenvalue weighted by Crippen LogP contribution is -2.29. The van der Waals surface area contributed by atoms with Crippen molar-refractivity contribution < 1.29 is 9.21 Å². The van der Waals surface area contributed by atoms with Crippen molar-refractivity contribution in [3.63, 3.8) is 0 Å². The summed E-state index contributed by atoms with van der Waals surface area (Å²) < 4.78 is 5.65. The van der Waals surface area contributed by atoms with Gasteiger partial charge in [-0.2, -0.15) is 0 Å². The second-order valence-electron chi connectivity index (χ2n) is 6.09. The summed E-state index contributed by atoms with van der Waals surface area (Å²) in [4.78, 5) is 13.9. The molecule has 0 spiro atoms. The number of carbonyl (C=O) groups excluding carboxylic acids is 1. The fourth-order valence-electron chi connectivity index (χ4n) is 2.40. The summed E-state index contributed by atoms with van der Waals surface area (Å²) in [6.45, 7) is 2.59. The van der Waals surface area contributed by atoms with Gasteiger partial charge in [0, 0.05) is 16.3 Å². The number of benzene rings is 2. The molecule has 2 aromatic carbocycles. The Kier molecular flexibility index (Phi) is 5.65. The quantitative estimate of drug-likeness (QED) is 0.715. The first kappa shape index (κ1) is 18.1. The third-order valence-corrected chi connectivity index (χ3v) is 3.96. The summed E-state index contributed by atoms with van der Waals surface area (Å²) >= 11 is 5.88. The molecule has 0 saturated heterocycles. The van der Waals surface area contributed by atoms with Crippen LogP contribution in [0.25, 0.3) is 11.5 Å². The number of halogens is 1. The fourth-order valence-corrected chi connectivity index (χ4v) is 2.52. The highest BCUT2D eigenvalue weighted by Crippen LogP contribution is 2.20. The molecule has 0 aliphatic heterocycles.